The minimum absolute atomic E-state index is 0.130. The van der Waals surface area contributed by atoms with Crippen LogP contribution in [0.4, 0.5) is 5.69 Å². The lowest BCUT2D eigenvalue weighted by atomic mass is 9.84. The topological polar surface area (TPSA) is 38.3 Å². The van der Waals surface area contributed by atoms with E-state index in [9.17, 15) is 4.79 Å². The van der Waals surface area contributed by atoms with Gasteiger partial charge in [-0.2, -0.15) is 0 Å². The zero-order valence-electron chi connectivity index (χ0n) is 11.7. The number of fused-ring (bicyclic) bond motifs is 1. The standard InChI is InChI=1S/C17H16BrNO2/c1-12(20)10-17(13-5-4-6-14(18)9-13)11-21-16-8-3-2-7-15(16)19-17/h2-9,19H,10-11H2,1H3/t17-/m1/s1. The Balaban J connectivity index is 2.05. The zero-order valence-corrected chi connectivity index (χ0v) is 13.3. The third-order valence-electron chi connectivity index (χ3n) is 3.66. The second-order valence-corrected chi connectivity index (χ2v) is 6.30. The van der Waals surface area contributed by atoms with Crippen molar-refractivity contribution in [1.82, 2.24) is 0 Å². The molecule has 0 radical (unpaired) electrons. The highest BCUT2D eigenvalue weighted by Gasteiger charge is 2.38. The van der Waals surface area contributed by atoms with Crippen LogP contribution in [-0.2, 0) is 10.3 Å². The van der Waals surface area contributed by atoms with Crippen LogP contribution in [0.25, 0.3) is 0 Å². The van der Waals surface area contributed by atoms with Crippen LogP contribution >= 0.6 is 15.9 Å². The van der Waals surface area contributed by atoms with Gasteiger partial charge < -0.3 is 10.1 Å². The van der Waals surface area contributed by atoms with Crippen molar-refractivity contribution in [2.75, 3.05) is 11.9 Å². The third kappa shape index (κ3) is 2.81. The number of carbonyl (C=O) groups is 1. The van der Waals surface area contributed by atoms with Crippen LogP contribution in [0.2, 0.25) is 0 Å². The fourth-order valence-electron chi connectivity index (χ4n) is 2.75. The number of hydrogen-bond donors (Lipinski definition) is 1. The van der Waals surface area contributed by atoms with E-state index in [4.69, 9.17) is 4.74 Å². The van der Waals surface area contributed by atoms with Gasteiger partial charge in [0.2, 0.25) is 0 Å². The molecule has 0 spiro atoms. The van der Waals surface area contributed by atoms with Gasteiger partial charge in [0.15, 0.2) is 0 Å². The molecule has 4 heteroatoms. The lowest BCUT2D eigenvalue weighted by molar-refractivity contribution is -0.118. The average molecular weight is 346 g/mol. The summed E-state index contributed by atoms with van der Waals surface area (Å²) in [5.74, 6) is 0.956. The molecular weight excluding hydrogens is 330 g/mol. The predicted molar refractivity (Wildman–Crippen MR) is 86.7 cm³/mol. The fraction of sp³-hybridized carbons (Fsp3) is 0.235. The van der Waals surface area contributed by atoms with E-state index >= 15 is 0 Å². The number of rotatable bonds is 3. The quantitative estimate of drug-likeness (QED) is 0.908. The first-order valence-electron chi connectivity index (χ1n) is 6.85. The summed E-state index contributed by atoms with van der Waals surface area (Å²) in [4.78, 5) is 11.8. The van der Waals surface area contributed by atoms with Gasteiger partial charge in [0.1, 0.15) is 23.7 Å². The molecule has 0 fully saturated rings. The van der Waals surface area contributed by atoms with Gasteiger partial charge in [0.25, 0.3) is 0 Å². The predicted octanol–water partition coefficient (Wildman–Crippen LogP) is 4.13. The summed E-state index contributed by atoms with van der Waals surface area (Å²) in [6, 6.07) is 15.8. The van der Waals surface area contributed by atoms with Crippen molar-refractivity contribution < 1.29 is 9.53 Å². The Morgan fingerprint density at radius 3 is 2.86 bits per heavy atom. The Kier molecular flexibility index (Phi) is 3.72. The highest BCUT2D eigenvalue weighted by molar-refractivity contribution is 9.10. The van der Waals surface area contributed by atoms with Crippen LogP contribution in [0, 0.1) is 0 Å². The SMILES string of the molecule is CC(=O)C[C@]1(c2cccc(Br)c2)COc2ccccc2N1. The summed E-state index contributed by atoms with van der Waals surface area (Å²) in [5.41, 5.74) is 1.44. The van der Waals surface area contributed by atoms with E-state index < -0.39 is 5.54 Å². The molecule has 0 saturated carbocycles. The summed E-state index contributed by atoms with van der Waals surface area (Å²) < 4.78 is 6.89. The fourth-order valence-corrected chi connectivity index (χ4v) is 3.15. The molecule has 0 amide bonds. The molecule has 1 aliphatic rings. The van der Waals surface area contributed by atoms with E-state index in [0.717, 1.165) is 21.5 Å². The Labute approximate surface area is 132 Å². The van der Waals surface area contributed by atoms with E-state index in [1.54, 1.807) is 6.92 Å². The van der Waals surface area contributed by atoms with Gasteiger partial charge in [-0.3, -0.25) is 4.79 Å². The van der Waals surface area contributed by atoms with Crippen molar-refractivity contribution in [3.63, 3.8) is 0 Å². The highest BCUT2D eigenvalue weighted by Crippen LogP contribution is 2.39. The maximum Gasteiger partial charge on any atom is 0.142 e. The Morgan fingerprint density at radius 2 is 2.10 bits per heavy atom. The van der Waals surface area contributed by atoms with Gasteiger partial charge in [0, 0.05) is 10.9 Å². The molecule has 1 heterocycles. The number of anilines is 1. The second kappa shape index (κ2) is 5.53. The molecule has 0 aliphatic carbocycles. The molecule has 1 atom stereocenters. The minimum Gasteiger partial charge on any atom is -0.489 e. The van der Waals surface area contributed by atoms with Gasteiger partial charge >= 0.3 is 0 Å². The van der Waals surface area contributed by atoms with Crippen molar-refractivity contribution in [2.24, 2.45) is 0 Å². The molecule has 1 N–H and O–H groups in total. The van der Waals surface area contributed by atoms with E-state index in [-0.39, 0.29) is 5.78 Å². The van der Waals surface area contributed by atoms with Crippen molar-refractivity contribution in [1.29, 1.82) is 0 Å². The molecule has 2 aromatic carbocycles. The van der Waals surface area contributed by atoms with Gasteiger partial charge in [-0.15, -0.1) is 0 Å². The van der Waals surface area contributed by atoms with Gasteiger partial charge in [-0.1, -0.05) is 40.2 Å². The summed E-state index contributed by atoms with van der Waals surface area (Å²) in [7, 11) is 0. The van der Waals surface area contributed by atoms with Gasteiger partial charge in [0.05, 0.1) is 5.69 Å². The van der Waals surface area contributed by atoms with Crippen LogP contribution in [0.15, 0.2) is 53.0 Å². The van der Waals surface area contributed by atoms with Gasteiger partial charge in [-0.25, -0.2) is 0 Å². The first-order chi connectivity index (χ1) is 10.1. The van der Waals surface area contributed by atoms with Crippen LogP contribution < -0.4 is 10.1 Å². The van der Waals surface area contributed by atoms with Crippen LogP contribution in [-0.4, -0.2) is 12.4 Å². The number of nitrogens with one attached hydrogen (secondary N) is 1. The highest BCUT2D eigenvalue weighted by atomic mass is 79.9. The molecule has 1 aliphatic heterocycles. The normalized spacial score (nSPS) is 20.1. The molecule has 0 aromatic heterocycles. The molecule has 21 heavy (non-hydrogen) atoms. The molecule has 0 saturated heterocycles. The number of ether oxygens (including phenoxy) is 1. The Bertz CT molecular complexity index is 686. The number of carbonyl (C=O) groups excluding carboxylic acids is 1. The van der Waals surface area contributed by atoms with Crippen molar-refractivity contribution in [2.45, 2.75) is 18.9 Å². The van der Waals surface area contributed by atoms with E-state index in [2.05, 4.69) is 21.2 Å². The van der Waals surface area contributed by atoms with Crippen molar-refractivity contribution in [3.8, 4) is 5.75 Å². The number of hydrogen-bond acceptors (Lipinski definition) is 3. The molecule has 3 nitrogen and oxygen atoms in total. The lowest BCUT2D eigenvalue weighted by Crippen LogP contribution is -2.45. The summed E-state index contributed by atoms with van der Waals surface area (Å²) >= 11 is 3.50. The Hall–Kier alpha value is -1.81. The van der Waals surface area contributed by atoms with Crippen LogP contribution in [0.3, 0.4) is 0 Å². The number of benzene rings is 2. The minimum atomic E-state index is -0.524. The first-order valence-corrected chi connectivity index (χ1v) is 7.64. The Morgan fingerprint density at radius 1 is 1.29 bits per heavy atom. The van der Waals surface area contributed by atoms with E-state index in [1.807, 2.05) is 48.5 Å². The maximum absolute atomic E-state index is 11.8. The number of halogens is 1. The summed E-state index contributed by atoms with van der Waals surface area (Å²) in [6.07, 6.45) is 0.387. The molecule has 2 aromatic rings. The molecule has 0 bridgehead atoms. The van der Waals surface area contributed by atoms with Crippen LogP contribution in [0.5, 0.6) is 5.75 Å². The maximum atomic E-state index is 11.8. The number of Topliss-reactive ketones (excluding diaryl/α,β-unsaturated/α-hetero) is 1. The summed E-state index contributed by atoms with van der Waals surface area (Å²) in [5, 5.41) is 3.52. The zero-order chi connectivity index (χ0) is 14.9. The number of ketones is 1. The molecule has 108 valence electrons. The van der Waals surface area contributed by atoms with E-state index in [0.29, 0.717) is 13.0 Å². The largest absolute Gasteiger partial charge is 0.489 e. The average Bonchev–Trinajstić information content (AvgIpc) is 2.46. The van der Waals surface area contributed by atoms with E-state index in [1.165, 1.54) is 0 Å². The number of para-hydroxylation sites is 2. The molecular formula is C17H16BrNO2. The summed E-state index contributed by atoms with van der Waals surface area (Å²) in [6.45, 7) is 2.04. The molecule has 3 rings (SSSR count). The monoisotopic (exact) mass is 345 g/mol. The second-order valence-electron chi connectivity index (χ2n) is 5.38. The van der Waals surface area contributed by atoms with Crippen molar-refractivity contribution >= 4 is 27.4 Å². The third-order valence-corrected chi connectivity index (χ3v) is 4.16. The van der Waals surface area contributed by atoms with Crippen molar-refractivity contribution in [3.05, 3.63) is 58.6 Å². The first kappa shape index (κ1) is 14.1. The molecule has 0 unspecified atom stereocenters. The van der Waals surface area contributed by atoms with Gasteiger partial charge in [-0.05, 0) is 36.8 Å². The van der Waals surface area contributed by atoms with Crippen LogP contribution in [0.1, 0.15) is 18.9 Å². The lowest BCUT2D eigenvalue weighted by Gasteiger charge is -2.39. The smallest absolute Gasteiger partial charge is 0.142 e.